The summed E-state index contributed by atoms with van der Waals surface area (Å²) in [6.45, 7) is 4.97. The summed E-state index contributed by atoms with van der Waals surface area (Å²) >= 11 is 7.54. The Balaban J connectivity index is 1.05. The number of carbonyl (C=O) groups excluding carboxylic acids is 2. The van der Waals surface area contributed by atoms with E-state index in [0.29, 0.717) is 103 Å². The van der Waals surface area contributed by atoms with Gasteiger partial charge in [-0.2, -0.15) is 0 Å². The number of carbonyl (C=O) groups is 2. The first-order valence-electron chi connectivity index (χ1n) is 15.7. The van der Waals surface area contributed by atoms with Gasteiger partial charge in [0.05, 0.1) is 19.8 Å². The van der Waals surface area contributed by atoms with Gasteiger partial charge >= 0.3 is 0 Å². The molecule has 5 rings (SSSR count). The number of hydrogen-bond donors (Lipinski definition) is 4. The lowest BCUT2D eigenvalue weighted by atomic mass is 10.0. The van der Waals surface area contributed by atoms with Crippen molar-refractivity contribution in [3.63, 3.8) is 0 Å². The number of nitrogens with two attached hydrogens (primary N) is 2. The molecule has 3 heterocycles. The number of hydrazine groups is 1. The van der Waals surface area contributed by atoms with Gasteiger partial charge in [-0.1, -0.05) is 48.3 Å². The summed E-state index contributed by atoms with van der Waals surface area (Å²) in [5, 5.41) is 8.66. The Morgan fingerprint density at radius 2 is 1.90 bits per heavy atom. The number of likely N-dealkylation sites (tertiary alicyclic amines) is 1. The van der Waals surface area contributed by atoms with Gasteiger partial charge in [-0.3, -0.25) is 14.6 Å². The van der Waals surface area contributed by atoms with Crippen LogP contribution < -0.4 is 36.7 Å². The number of aromatic nitrogens is 2. The molecule has 15 heteroatoms. The highest BCUT2D eigenvalue weighted by Gasteiger charge is 2.44. The monoisotopic (exact) mass is 694 g/mol. The largest absolute Gasteiger partial charge is 0.448 e. The van der Waals surface area contributed by atoms with E-state index < -0.39 is 11.7 Å². The minimum absolute atomic E-state index is 0.291. The molecule has 0 atom stereocenters. The SMILES string of the molecule is CCCSc1nc(NCCOCCNC(=O)C#Cc2ccc3c(c2)OC2(CCN(C=O)CC2)O3)c(N)c(N(N)Cc2ccc(Cl)cc2)n1. The molecule has 6 N–H and O–H groups in total. The van der Waals surface area contributed by atoms with Crippen LogP contribution in [0.5, 0.6) is 11.5 Å². The summed E-state index contributed by atoms with van der Waals surface area (Å²) in [5.41, 5.74) is 8.35. The number of piperidine rings is 1. The maximum atomic E-state index is 12.3. The van der Waals surface area contributed by atoms with Gasteiger partial charge in [0.15, 0.2) is 28.3 Å². The van der Waals surface area contributed by atoms with Gasteiger partial charge in [0, 0.05) is 61.3 Å². The minimum atomic E-state index is -0.758. The third-order valence-electron chi connectivity index (χ3n) is 7.51. The number of rotatable bonds is 14. The van der Waals surface area contributed by atoms with Crippen molar-refractivity contribution in [3.8, 4) is 23.3 Å². The number of anilines is 3. The van der Waals surface area contributed by atoms with Gasteiger partial charge in [-0.25, -0.2) is 15.8 Å². The Morgan fingerprint density at radius 1 is 1.15 bits per heavy atom. The molecule has 2 aliphatic heterocycles. The van der Waals surface area contributed by atoms with Gasteiger partial charge in [-0.15, -0.1) is 0 Å². The van der Waals surface area contributed by atoms with Crippen molar-refractivity contribution in [2.45, 2.75) is 43.7 Å². The zero-order chi connectivity index (χ0) is 33.9. The molecule has 0 radical (unpaired) electrons. The molecule has 1 saturated heterocycles. The van der Waals surface area contributed by atoms with E-state index in [1.54, 1.807) is 35.2 Å². The zero-order valence-corrected chi connectivity index (χ0v) is 28.2. The molecule has 2 aliphatic rings. The number of thioether (sulfide) groups is 1. The Hall–Kier alpha value is -4.42. The van der Waals surface area contributed by atoms with Crippen LogP contribution in [0.2, 0.25) is 5.02 Å². The van der Waals surface area contributed by atoms with Crippen LogP contribution in [0.15, 0.2) is 47.6 Å². The van der Waals surface area contributed by atoms with Gasteiger partial charge < -0.3 is 35.5 Å². The Bertz CT molecular complexity index is 1640. The number of benzene rings is 2. The van der Waals surface area contributed by atoms with Crippen LogP contribution in [-0.2, 0) is 20.9 Å². The highest BCUT2D eigenvalue weighted by molar-refractivity contribution is 7.99. The van der Waals surface area contributed by atoms with Crippen molar-refractivity contribution in [1.82, 2.24) is 20.2 Å². The van der Waals surface area contributed by atoms with E-state index >= 15 is 0 Å². The molecule has 1 spiro atoms. The molecule has 0 aliphatic carbocycles. The topological polar surface area (TPSA) is 170 Å². The molecule has 0 saturated carbocycles. The predicted molar refractivity (Wildman–Crippen MR) is 186 cm³/mol. The van der Waals surface area contributed by atoms with Gasteiger partial charge in [0.2, 0.25) is 6.41 Å². The second-order valence-electron chi connectivity index (χ2n) is 11.2. The Morgan fingerprint density at radius 3 is 2.65 bits per heavy atom. The highest BCUT2D eigenvalue weighted by atomic mass is 35.5. The number of nitrogens with one attached hydrogen (secondary N) is 2. The Labute approximate surface area is 289 Å². The van der Waals surface area contributed by atoms with Crippen LogP contribution in [0.3, 0.4) is 0 Å². The zero-order valence-electron chi connectivity index (χ0n) is 26.7. The number of nitrogens with zero attached hydrogens (tertiary/aromatic N) is 4. The highest BCUT2D eigenvalue weighted by Crippen LogP contribution is 2.44. The Kier molecular flexibility index (Phi) is 12.1. The molecule has 2 amide bonds. The molecule has 3 aromatic rings. The fraction of sp³-hybridized carbons (Fsp3) is 0.394. The number of fused-ring (bicyclic) bond motifs is 1. The number of ether oxygens (including phenoxy) is 3. The van der Waals surface area contributed by atoms with Crippen LogP contribution in [-0.4, -0.2) is 78.1 Å². The summed E-state index contributed by atoms with van der Waals surface area (Å²) in [7, 11) is 0. The molecule has 13 nitrogen and oxygen atoms in total. The standard InChI is InChI=1S/C33H39ClN8O5S/c1-2-19-48-32-39-30(29(35)31(40-32)42(36)21-24-3-7-25(34)8-4-24)38-14-18-45-17-13-37-28(44)10-6-23-5-9-26-27(20-23)47-33(46-26)11-15-41(22-43)16-12-33/h3-5,7-9,20,22H,2,11-19,21,35-36H2,1H3,(H,37,44)(H,38,39,40). The van der Waals surface area contributed by atoms with Crippen molar-refractivity contribution in [3.05, 3.63) is 58.6 Å². The first kappa shape index (κ1) is 34.9. The summed E-state index contributed by atoms with van der Waals surface area (Å²) in [4.78, 5) is 34.2. The van der Waals surface area contributed by atoms with Crippen LogP contribution in [0.4, 0.5) is 17.3 Å². The summed E-state index contributed by atoms with van der Waals surface area (Å²) in [5.74, 6) is 13.6. The van der Waals surface area contributed by atoms with Gasteiger partial charge in [0.25, 0.3) is 11.7 Å². The third-order valence-corrected chi connectivity index (χ3v) is 8.82. The lowest BCUT2D eigenvalue weighted by Crippen LogP contribution is -2.49. The molecule has 2 aromatic carbocycles. The number of halogens is 1. The molecule has 0 unspecified atom stereocenters. The van der Waals surface area contributed by atoms with Gasteiger partial charge in [0.1, 0.15) is 5.69 Å². The molecule has 48 heavy (non-hydrogen) atoms. The van der Waals surface area contributed by atoms with Crippen molar-refractivity contribution >= 4 is 53.0 Å². The normalized spacial score (nSPS) is 14.3. The average molecular weight is 695 g/mol. The van der Waals surface area contributed by atoms with E-state index in [-0.39, 0.29) is 0 Å². The number of hydrogen-bond acceptors (Lipinski definition) is 12. The summed E-state index contributed by atoms with van der Waals surface area (Å²) in [6.07, 6.45) is 2.96. The summed E-state index contributed by atoms with van der Waals surface area (Å²) in [6, 6.07) is 12.7. The quantitative estimate of drug-likeness (QED) is 0.0370. The minimum Gasteiger partial charge on any atom is -0.448 e. The van der Waals surface area contributed by atoms with Crippen LogP contribution in [0.25, 0.3) is 0 Å². The lowest BCUT2D eigenvalue weighted by Gasteiger charge is -2.35. The molecular formula is C33H39ClN8O5S. The number of amides is 2. The van der Waals surface area contributed by atoms with Crippen LogP contribution in [0.1, 0.15) is 37.3 Å². The van der Waals surface area contributed by atoms with E-state index in [0.717, 1.165) is 24.1 Å². The molecular weight excluding hydrogens is 656 g/mol. The maximum Gasteiger partial charge on any atom is 0.296 e. The first-order valence-corrected chi connectivity index (χ1v) is 17.0. The fourth-order valence-electron chi connectivity index (χ4n) is 5.01. The van der Waals surface area contributed by atoms with Crippen molar-refractivity contribution in [2.75, 3.05) is 61.2 Å². The van der Waals surface area contributed by atoms with E-state index in [9.17, 15) is 9.59 Å². The van der Waals surface area contributed by atoms with Crippen molar-refractivity contribution in [2.24, 2.45) is 5.84 Å². The van der Waals surface area contributed by atoms with Crippen LogP contribution >= 0.6 is 23.4 Å². The van der Waals surface area contributed by atoms with Crippen molar-refractivity contribution in [1.29, 1.82) is 0 Å². The second-order valence-corrected chi connectivity index (χ2v) is 12.7. The van der Waals surface area contributed by atoms with Gasteiger partial charge in [-0.05, 0) is 42.3 Å². The molecule has 1 fully saturated rings. The fourth-order valence-corrected chi connectivity index (χ4v) is 5.83. The number of nitrogen functional groups attached to an aromatic ring is 1. The van der Waals surface area contributed by atoms with E-state index in [2.05, 4.69) is 39.4 Å². The lowest BCUT2D eigenvalue weighted by molar-refractivity contribution is -0.135. The molecule has 1 aromatic heterocycles. The van der Waals surface area contributed by atoms with E-state index in [4.69, 9.17) is 37.4 Å². The summed E-state index contributed by atoms with van der Waals surface area (Å²) < 4.78 is 17.8. The predicted octanol–water partition coefficient (Wildman–Crippen LogP) is 3.41. The average Bonchev–Trinajstić information content (AvgIpc) is 3.44. The van der Waals surface area contributed by atoms with E-state index in [1.165, 1.54) is 16.8 Å². The molecule has 254 valence electrons. The van der Waals surface area contributed by atoms with E-state index in [1.807, 2.05) is 12.1 Å². The van der Waals surface area contributed by atoms with Crippen molar-refractivity contribution < 1.29 is 23.8 Å². The van der Waals surface area contributed by atoms with Crippen LogP contribution in [0, 0.1) is 11.8 Å². The second kappa shape index (κ2) is 16.6. The molecule has 0 bridgehead atoms. The maximum absolute atomic E-state index is 12.3. The first-order chi connectivity index (χ1) is 23.3. The smallest absolute Gasteiger partial charge is 0.296 e. The third kappa shape index (κ3) is 9.35.